The number of rotatable bonds is 3. The van der Waals surface area contributed by atoms with E-state index in [9.17, 15) is 4.39 Å². The van der Waals surface area contributed by atoms with Crippen LogP contribution in [0.2, 0.25) is 0 Å². The molecule has 1 aliphatic carbocycles. The van der Waals surface area contributed by atoms with Crippen molar-refractivity contribution in [2.75, 3.05) is 5.32 Å². The maximum atomic E-state index is 13.7. The highest BCUT2D eigenvalue weighted by molar-refractivity contribution is 5.56. The quantitative estimate of drug-likeness (QED) is 0.875. The van der Waals surface area contributed by atoms with Gasteiger partial charge in [0.05, 0.1) is 11.6 Å². The number of hydrogen-bond donors (Lipinski definition) is 1. The van der Waals surface area contributed by atoms with Crippen LogP contribution < -0.4 is 5.32 Å². The first-order chi connectivity index (χ1) is 9.13. The van der Waals surface area contributed by atoms with Crippen LogP contribution in [-0.4, -0.2) is 6.04 Å². The van der Waals surface area contributed by atoms with Crippen molar-refractivity contribution in [2.45, 2.75) is 52.0 Å². The Hall–Kier alpha value is -1.56. The van der Waals surface area contributed by atoms with Crippen molar-refractivity contribution < 1.29 is 4.39 Å². The van der Waals surface area contributed by atoms with Crippen molar-refractivity contribution >= 4 is 5.69 Å². The minimum absolute atomic E-state index is 0.301. The van der Waals surface area contributed by atoms with E-state index >= 15 is 0 Å². The molecular formula is C16H21FN2. The fraction of sp³-hybridized carbons (Fsp3) is 0.562. The van der Waals surface area contributed by atoms with Crippen LogP contribution in [-0.2, 0) is 0 Å². The summed E-state index contributed by atoms with van der Waals surface area (Å²) in [5.74, 6) is 0.472. The molecule has 0 spiro atoms. The maximum absolute atomic E-state index is 13.7. The fourth-order valence-electron chi connectivity index (χ4n) is 2.91. The molecule has 1 aromatic rings. The number of halogens is 1. The zero-order valence-corrected chi connectivity index (χ0v) is 11.7. The average Bonchev–Trinajstić information content (AvgIpc) is 2.43. The van der Waals surface area contributed by atoms with Gasteiger partial charge in [-0.3, -0.25) is 0 Å². The zero-order valence-electron chi connectivity index (χ0n) is 11.7. The molecule has 0 aromatic heterocycles. The van der Waals surface area contributed by atoms with Gasteiger partial charge in [0.15, 0.2) is 0 Å². The van der Waals surface area contributed by atoms with Crippen LogP contribution in [0.1, 0.15) is 50.2 Å². The molecular weight excluding hydrogens is 239 g/mol. The standard InChI is InChI=1S/C16H21FN2/c1-3-12-5-4-6-14(7-12)19-16-9-13(10-18)8-15(17)11(16)2/h8-9,12,14,19H,3-7H2,1-2H3. The van der Waals surface area contributed by atoms with Crippen molar-refractivity contribution in [3.05, 3.63) is 29.1 Å². The molecule has 0 aliphatic heterocycles. The van der Waals surface area contributed by atoms with E-state index in [2.05, 4.69) is 12.2 Å². The summed E-state index contributed by atoms with van der Waals surface area (Å²) in [7, 11) is 0. The van der Waals surface area contributed by atoms with E-state index in [1.54, 1.807) is 13.0 Å². The Bertz CT molecular complexity index is 490. The molecule has 3 heteroatoms. The largest absolute Gasteiger partial charge is 0.382 e. The molecule has 2 rings (SSSR count). The summed E-state index contributed by atoms with van der Waals surface area (Å²) in [5, 5.41) is 12.4. The molecule has 0 heterocycles. The van der Waals surface area contributed by atoms with E-state index in [-0.39, 0.29) is 5.82 Å². The summed E-state index contributed by atoms with van der Waals surface area (Å²) in [6, 6.07) is 5.48. The number of nitrogens with one attached hydrogen (secondary N) is 1. The molecule has 0 saturated heterocycles. The molecule has 1 fully saturated rings. The third-order valence-electron chi connectivity index (χ3n) is 4.19. The van der Waals surface area contributed by atoms with E-state index in [4.69, 9.17) is 5.26 Å². The Kier molecular flexibility index (Phi) is 4.42. The SMILES string of the molecule is CCC1CCCC(Nc2cc(C#N)cc(F)c2C)C1. The minimum atomic E-state index is -0.301. The molecule has 0 bridgehead atoms. The second-order valence-electron chi connectivity index (χ2n) is 5.52. The molecule has 2 unspecified atom stereocenters. The molecule has 1 aromatic carbocycles. The molecule has 1 N–H and O–H groups in total. The van der Waals surface area contributed by atoms with Gasteiger partial charge in [0.1, 0.15) is 5.82 Å². The van der Waals surface area contributed by atoms with Gasteiger partial charge in [0.2, 0.25) is 0 Å². The lowest BCUT2D eigenvalue weighted by Gasteiger charge is -2.30. The first-order valence-electron chi connectivity index (χ1n) is 7.10. The smallest absolute Gasteiger partial charge is 0.129 e. The van der Waals surface area contributed by atoms with Gasteiger partial charge in [-0.25, -0.2) is 4.39 Å². The van der Waals surface area contributed by atoms with Crippen LogP contribution in [0.5, 0.6) is 0 Å². The van der Waals surface area contributed by atoms with Gasteiger partial charge < -0.3 is 5.32 Å². The van der Waals surface area contributed by atoms with Crippen LogP contribution in [0.25, 0.3) is 0 Å². The van der Waals surface area contributed by atoms with Gasteiger partial charge in [0.25, 0.3) is 0 Å². The van der Waals surface area contributed by atoms with Crippen LogP contribution in [0.15, 0.2) is 12.1 Å². The summed E-state index contributed by atoms with van der Waals surface area (Å²) in [6.45, 7) is 3.99. The second kappa shape index (κ2) is 6.06. The highest BCUT2D eigenvalue weighted by atomic mass is 19.1. The number of benzene rings is 1. The van der Waals surface area contributed by atoms with Crippen LogP contribution in [0.4, 0.5) is 10.1 Å². The van der Waals surface area contributed by atoms with E-state index in [0.717, 1.165) is 24.4 Å². The van der Waals surface area contributed by atoms with Gasteiger partial charge in [-0.05, 0) is 37.8 Å². The summed E-state index contributed by atoms with van der Waals surface area (Å²) < 4.78 is 13.7. The molecule has 102 valence electrons. The third-order valence-corrected chi connectivity index (χ3v) is 4.19. The monoisotopic (exact) mass is 260 g/mol. The lowest BCUT2D eigenvalue weighted by molar-refractivity contribution is 0.327. The van der Waals surface area contributed by atoms with Gasteiger partial charge in [-0.15, -0.1) is 0 Å². The Labute approximate surface area is 114 Å². The molecule has 0 amide bonds. The average molecular weight is 260 g/mol. The number of nitriles is 1. The Balaban J connectivity index is 2.14. The predicted molar refractivity (Wildman–Crippen MR) is 75.5 cm³/mol. The highest BCUT2D eigenvalue weighted by Crippen LogP contribution is 2.30. The zero-order chi connectivity index (χ0) is 13.8. The van der Waals surface area contributed by atoms with Gasteiger partial charge >= 0.3 is 0 Å². The highest BCUT2D eigenvalue weighted by Gasteiger charge is 2.21. The molecule has 1 saturated carbocycles. The van der Waals surface area contributed by atoms with Crippen molar-refractivity contribution in [3.63, 3.8) is 0 Å². The molecule has 2 nitrogen and oxygen atoms in total. The summed E-state index contributed by atoms with van der Waals surface area (Å²) >= 11 is 0. The minimum Gasteiger partial charge on any atom is -0.382 e. The lowest BCUT2D eigenvalue weighted by atomic mass is 9.84. The van der Waals surface area contributed by atoms with Gasteiger partial charge in [-0.1, -0.05) is 26.2 Å². The van der Waals surface area contributed by atoms with Crippen molar-refractivity contribution in [1.29, 1.82) is 5.26 Å². The van der Waals surface area contributed by atoms with Crippen molar-refractivity contribution in [2.24, 2.45) is 5.92 Å². The number of anilines is 1. The molecule has 2 atom stereocenters. The summed E-state index contributed by atoms with van der Waals surface area (Å²) in [4.78, 5) is 0. The van der Waals surface area contributed by atoms with E-state index in [1.807, 2.05) is 6.07 Å². The van der Waals surface area contributed by atoms with Gasteiger partial charge in [-0.2, -0.15) is 5.26 Å². The van der Waals surface area contributed by atoms with Crippen molar-refractivity contribution in [1.82, 2.24) is 0 Å². The normalized spacial score (nSPS) is 22.8. The van der Waals surface area contributed by atoms with Crippen molar-refractivity contribution in [3.8, 4) is 6.07 Å². The van der Waals surface area contributed by atoms with E-state index in [1.165, 1.54) is 25.3 Å². The third kappa shape index (κ3) is 3.26. The Morgan fingerprint density at radius 2 is 2.21 bits per heavy atom. The topological polar surface area (TPSA) is 35.8 Å². The molecule has 0 radical (unpaired) electrons. The van der Waals surface area contributed by atoms with E-state index < -0.39 is 0 Å². The second-order valence-corrected chi connectivity index (χ2v) is 5.52. The number of hydrogen-bond acceptors (Lipinski definition) is 2. The maximum Gasteiger partial charge on any atom is 0.129 e. The Morgan fingerprint density at radius 3 is 2.89 bits per heavy atom. The fourth-order valence-corrected chi connectivity index (χ4v) is 2.91. The van der Waals surface area contributed by atoms with Crippen LogP contribution in [0, 0.1) is 30.0 Å². The van der Waals surface area contributed by atoms with Crippen LogP contribution in [0.3, 0.4) is 0 Å². The lowest BCUT2D eigenvalue weighted by Crippen LogP contribution is -2.27. The summed E-state index contributed by atoms with van der Waals surface area (Å²) in [6.07, 6.45) is 6.03. The first kappa shape index (κ1) is 13.9. The van der Waals surface area contributed by atoms with Gasteiger partial charge in [0, 0.05) is 17.3 Å². The Morgan fingerprint density at radius 1 is 1.42 bits per heavy atom. The molecule has 1 aliphatic rings. The first-order valence-corrected chi connectivity index (χ1v) is 7.10. The summed E-state index contributed by atoms with van der Waals surface area (Å²) in [5.41, 5.74) is 1.77. The van der Waals surface area contributed by atoms with E-state index in [0.29, 0.717) is 17.2 Å². The predicted octanol–water partition coefficient (Wildman–Crippen LogP) is 4.39. The molecule has 19 heavy (non-hydrogen) atoms. The number of nitrogens with zero attached hydrogens (tertiary/aromatic N) is 1. The van der Waals surface area contributed by atoms with Crippen LogP contribution >= 0.6 is 0 Å².